The summed E-state index contributed by atoms with van der Waals surface area (Å²) in [4.78, 5) is 22.7. The quantitative estimate of drug-likeness (QED) is 0.413. The first kappa shape index (κ1) is 23.7. The van der Waals surface area contributed by atoms with Crippen LogP contribution in [0.1, 0.15) is 42.0 Å². The first-order valence-corrected chi connectivity index (χ1v) is 12.9. The number of imidazole rings is 1. The number of hydrogen-bond donors (Lipinski definition) is 2. The molecule has 2 aliphatic heterocycles. The fourth-order valence-electron chi connectivity index (χ4n) is 5.49. The Labute approximate surface area is 214 Å². The van der Waals surface area contributed by atoms with Gasteiger partial charge in [-0.3, -0.25) is 4.79 Å². The van der Waals surface area contributed by atoms with Gasteiger partial charge < -0.3 is 19.7 Å². The Bertz CT molecular complexity index is 1370. The number of H-pyrrole nitrogens is 1. The van der Waals surface area contributed by atoms with Crippen LogP contribution in [0.3, 0.4) is 0 Å². The zero-order chi connectivity index (χ0) is 25.4. The maximum absolute atomic E-state index is 13.4. The van der Waals surface area contributed by atoms with Crippen molar-refractivity contribution < 1.29 is 19.0 Å². The summed E-state index contributed by atoms with van der Waals surface area (Å²) in [6.45, 7) is 2.50. The molecular formula is C28H30FN5O3. The molecule has 2 aliphatic rings. The van der Waals surface area contributed by atoms with Gasteiger partial charge in [0.1, 0.15) is 5.82 Å². The van der Waals surface area contributed by atoms with Gasteiger partial charge in [-0.2, -0.15) is 9.78 Å². The van der Waals surface area contributed by atoms with Gasteiger partial charge in [0.15, 0.2) is 0 Å². The second kappa shape index (κ2) is 9.97. The summed E-state index contributed by atoms with van der Waals surface area (Å²) in [7, 11) is 0. The Kier molecular flexibility index (Phi) is 6.38. The second-order valence-electron chi connectivity index (χ2n) is 9.96. The van der Waals surface area contributed by atoms with E-state index in [1.165, 1.54) is 16.8 Å². The molecule has 2 N–H and O–H groups in total. The first-order valence-electron chi connectivity index (χ1n) is 12.9. The van der Waals surface area contributed by atoms with Crippen LogP contribution >= 0.6 is 0 Å². The van der Waals surface area contributed by atoms with Gasteiger partial charge in [-0.1, -0.05) is 24.3 Å². The van der Waals surface area contributed by atoms with Crippen molar-refractivity contribution >= 4 is 16.9 Å². The number of carbonyl (C=O) groups excluding carboxylic acids is 1. The van der Waals surface area contributed by atoms with Gasteiger partial charge in [0.05, 0.1) is 29.3 Å². The molecule has 9 heteroatoms. The van der Waals surface area contributed by atoms with Gasteiger partial charge in [0.25, 0.3) is 0 Å². The van der Waals surface area contributed by atoms with Crippen molar-refractivity contribution in [3.05, 3.63) is 71.2 Å². The molecular weight excluding hydrogens is 473 g/mol. The summed E-state index contributed by atoms with van der Waals surface area (Å²) < 4.78 is 20.3. The molecule has 2 saturated heterocycles. The van der Waals surface area contributed by atoms with Crippen LogP contribution in [0, 0.1) is 11.7 Å². The SMILES string of the molecule is O=C(C1CCOC1)N1CCC(c2nn(-c3nc4ccccc4[nH]3)c(O)c2CCc2ccc(F)cc2)CC1. The minimum atomic E-state index is -0.268. The van der Waals surface area contributed by atoms with Crippen molar-refractivity contribution in [1.29, 1.82) is 0 Å². The molecule has 2 aromatic carbocycles. The molecule has 1 unspecified atom stereocenters. The molecule has 2 aromatic heterocycles. The number of aromatic nitrogens is 4. The molecule has 6 rings (SSSR count). The lowest BCUT2D eigenvalue weighted by atomic mass is 9.89. The molecule has 192 valence electrons. The Morgan fingerprint density at radius 2 is 1.86 bits per heavy atom. The fraction of sp³-hybridized carbons (Fsp3) is 0.393. The van der Waals surface area contributed by atoms with Crippen molar-refractivity contribution in [3.8, 4) is 11.8 Å². The lowest BCUT2D eigenvalue weighted by molar-refractivity contribution is -0.136. The van der Waals surface area contributed by atoms with E-state index in [4.69, 9.17) is 9.84 Å². The van der Waals surface area contributed by atoms with Crippen molar-refractivity contribution in [2.75, 3.05) is 26.3 Å². The van der Waals surface area contributed by atoms with Crippen LogP contribution < -0.4 is 0 Å². The van der Waals surface area contributed by atoms with Gasteiger partial charge in [-0.05, 0) is 61.9 Å². The summed E-state index contributed by atoms with van der Waals surface area (Å²) in [5.74, 6) is 0.529. The normalized spacial score (nSPS) is 18.6. The molecule has 0 saturated carbocycles. The van der Waals surface area contributed by atoms with Gasteiger partial charge in [0, 0.05) is 31.2 Å². The van der Waals surface area contributed by atoms with Crippen molar-refractivity contribution in [2.45, 2.75) is 38.0 Å². The van der Waals surface area contributed by atoms with E-state index < -0.39 is 0 Å². The van der Waals surface area contributed by atoms with Gasteiger partial charge in [-0.15, -0.1) is 0 Å². The number of ether oxygens (including phenoxy) is 1. The number of rotatable bonds is 6. The van der Waals surface area contributed by atoms with Crippen molar-refractivity contribution in [2.24, 2.45) is 5.92 Å². The number of amides is 1. The van der Waals surface area contributed by atoms with E-state index in [0.717, 1.165) is 47.1 Å². The van der Waals surface area contributed by atoms with E-state index in [9.17, 15) is 14.3 Å². The van der Waals surface area contributed by atoms with Crippen LogP contribution in [-0.2, 0) is 22.4 Å². The Balaban J connectivity index is 1.27. The van der Waals surface area contributed by atoms with E-state index in [1.54, 1.807) is 12.1 Å². The minimum Gasteiger partial charge on any atom is -0.493 e. The zero-order valence-electron chi connectivity index (χ0n) is 20.6. The molecule has 1 atom stereocenters. The number of halogens is 1. The number of carbonyl (C=O) groups is 1. The monoisotopic (exact) mass is 503 g/mol. The van der Waals surface area contributed by atoms with E-state index in [0.29, 0.717) is 45.1 Å². The summed E-state index contributed by atoms with van der Waals surface area (Å²) in [5, 5.41) is 16.2. The number of aromatic hydroxyl groups is 1. The lowest BCUT2D eigenvalue weighted by Gasteiger charge is -2.33. The van der Waals surface area contributed by atoms with E-state index in [-0.39, 0.29) is 29.4 Å². The Morgan fingerprint density at radius 1 is 1.08 bits per heavy atom. The lowest BCUT2D eigenvalue weighted by Crippen LogP contribution is -2.41. The number of aryl methyl sites for hydroxylation is 1. The fourth-order valence-corrected chi connectivity index (χ4v) is 5.49. The average molecular weight is 504 g/mol. The van der Waals surface area contributed by atoms with Crippen molar-refractivity contribution in [1.82, 2.24) is 24.6 Å². The number of piperidine rings is 1. The smallest absolute Gasteiger partial charge is 0.232 e. The third kappa shape index (κ3) is 4.71. The molecule has 4 heterocycles. The maximum Gasteiger partial charge on any atom is 0.232 e. The zero-order valence-corrected chi connectivity index (χ0v) is 20.6. The van der Waals surface area contributed by atoms with E-state index in [2.05, 4.69) is 9.97 Å². The predicted molar refractivity (Wildman–Crippen MR) is 136 cm³/mol. The summed E-state index contributed by atoms with van der Waals surface area (Å²) >= 11 is 0. The third-order valence-corrected chi connectivity index (χ3v) is 7.61. The van der Waals surface area contributed by atoms with E-state index in [1.807, 2.05) is 29.2 Å². The van der Waals surface area contributed by atoms with Crippen LogP contribution in [0.4, 0.5) is 4.39 Å². The molecule has 1 amide bonds. The van der Waals surface area contributed by atoms with Gasteiger partial charge in [-0.25, -0.2) is 9.37 Å². The molecule has 2 fully saturated rings. The summed E-state index contributed by atoms with van der Waals surface area (Å²) in [6.07, 6.45) is 3.55. The second-order valence-corrected chi connectivity index (χ2v) is 9.96. The topological polar surface area (TPSA) is 96.3 Å². The molecule has 37 heavy (non-hydrogen) atoms. The minimum absolute atomic E-state index is 0.0286. The standard InChI is InChI=1S/C28H30FN5O3/c29-21-8-5-18(6-9-21)7-10-22-25(19-11-14-33(15-12-19)26(35)20-13-16-37-17-20)32-34(27(22)36)28-30-23-3-1-2-4-24(23)31-28/h1-6,8-9,19-20,36H,7,10-17H2,(H,30,31). The third-order valence-electron chi connectivity index (χ3n) is 7.61. The van der Waals surface area contributed by atoms with E-state index >= 15 is 0 Å². The number of likely N-dealkylation sites (tertiary alicyclic amines) is 1. The number of nitrogens with zero attached hydrogens (tertiary/aromatic N) is 4. The molecule has 4 aromatic rings. The average Bonchev–Trinajstić information content (AvgIpc) is 3.67. The predicted octanol–water partition coefficient (Wildman–Crippen LogP) is 4.12. The highest BCUT2D eigenvalue weighted by Crippen LogP contribution is 2.36. The molecule has 0 aliphatic carbocycles. The number of hydrogen-bond acceptors (Lipinski definition) is 5. The molecule has 0 radical (unpaired) electrons. The van der Waals surface area contributed by atoms with Gasteiger partial charge >= 0.3 is 0 Å². The van der Waals surface area contributed by atoms with Crippen LogP contribution in [0.2, 0.25) is 0 Å². The van der Waals surface area contributed by atoms with Crippen LogP contribution in [-0.4, -0.2) is 62.0 Å². The number of fused-ring (bicyclic) bond motifs is 1. The van der Waals surface area contributed by atoms with Gasteiger partial charge in [0.2, 0.25) is 17.7 Å². The number of benzene rings is 2. The Hall–Kier alpha value is -3.72. The number of nitrogens with one attached hydrogen (secondary N) is 1. The summed E-state index contributed by atoms with van der Waals surface area (Å²) in [5.41, 5.74) is 4.27. The largest absolute Gasteiger partial charge is 0.493 e. The number of aromatic amines is 1. The maximum atomic E-state index is 13.4. The summed E-state index contributed by atoms with van der Waals surface area (Å²) in [6, 6.07) is 14.1. The van der Waals surface area contributed by atoms with Crippen LogP contribution in [0.25, 0.3) is 17.0 Å². The van der Waals surface area contributed by atoms with Crippen molar-refractivity contribution in [3.63, 3.8) is 0 Å². The molecule has 8 nitrogen and oxygen atoms in total. The molecule has 0 spiro atoms. The Morgan fingerprint density at radius 3 is 2.59 bits per heavy atom. The highest BCUT2D eigenvalue weighted by molar-refractivity contribution is 5.79. The van der Waals surface area contributed by atoms with Crippen LogP contribution in [0.5, 0.6) is 5.88 Å². The first-order chi connectivity index (χ1) is 18.1. The molecule has 0 bridgehead atoms. The highest BCUT2D eigenvalue weighted by atomic mass is 19.1. The van der Waals surface area contributed by atoms with Crippen LogP contribution in [0.15, 0.2) is 48.5 Å². The number of para-hydroxylation sites is 2. The highest BCUT2D eigenvalue weighted by Gasteiger charge is 2.33.